The van der Waals surface area contributed by atoms with Gasteiger partial charge in [-0.05, 0) is 0 Å². The zero-order valence-corrected chi connectivity index (χ0v) is 32.7. The third kappa shape index (κ3) is 6.84. The maximum atomic E-state index is 6.69. The van der Waals surface area contributed by atoms with E-state index in [0.717, 1.165) is 16.5 Å². The van der Waals surface area contributed by atoms with Crippen LogP contribution >= 0.6 is 23.2 Å². The van der Waals surface area contributed by atoms with Crippen molar-refractivity contribution in [2.24, 2.45) is 0 Å². The Hall–Kier alpha value is -1.74. The number of halogens is 4. The van der Waals surface area contributed by atoms with Crippen molar-refractivity contribution in [3.63, 3.8) is 0 Å². The Bertz CT molecular complexity index is 1690. The molecule has 0 spiro atoms. The van der Waals surface area contributed by atoms with Crippen LogP contribution in [0.3, 0.4) is 0 Å². The zero-order chi connectivity index (χ0) is 29.8. The van der Waals surface area contributed by atoms with Crippen LogP contribution in [0, 0.1) is 0 Å². The Morgan fingerprint density at radius 3 is 1.52 bits per heavy atom. The van der Waals surface area contributed by atoms with Crippen LogP contribution in [0.2, 0.25) is 10.0 Å². The second-order valence-corrected chi connectivity index (χ2v) is 23.7. The summed E-state index contributed by atoms with van der Waals surface area (Å²) in [5.74, 6) is 0. The summed E-state index contributed by atoms with van der Waals surface area (Å²) in [5.41, 5.74) is 11.2. The van der Waals surface area contributed by atoms with Gasteiger partial charge in [0, 0.05) is 0 Å². The molecule has 0 bridgehead atoms. The molecule has 0 aliphatic heterocycles. The van der Waals surface area contributed by atoms with Gasteiger partial charge in [0.2, 0.25) is 0 Å². The first-order chi connectivity index (χ1) is 19.9. The van der Waals surface area contributed by atoms with Crippen molar-refractivity contribution in [3.8, 4) is 11.1 Å². The molecule has 6 rings (SSSR count). The molecule has 0 N–H and O–H groups in total. The Balaban J connectivity index is 0.00000221. The molecule has 4 aromatic carbocycles. The molecular weight excluding hydrogens is 789 g/mol. The summed E-state index contributed by atoms with van der Waals surface area (Å²) in [7, 11) is 0. The van der Waals surface area contributed by atoms with Crippen LogP contribution in [-0.2, 0) is 31.8 Å². The van der Waals surface area contributed by atoms with Crippen LogP contribution in [0.15, 0.2) is 106 Å². The Morgan fingerprint density at radius 2 is 1.14 bits per heavy atom. The summed E-state index contributed by atoms with van der Waals surface area (Å²) in [6.07, 6.45) is 8.05. The Kier molecular flexibility index (Phi) is 10.8. The SMILES string of the molecule is CC(C)(C)c1ccc2c(c1)[CH]([Hf+2]([C]1=CC=CC1)=[C](c1cccc(Cl)c1)c1cccc(Cl)c1)c1cc(C(C)(C)C)ccc1-2.[Cl-].[Cl-]. The van der Waals surface area contributed by atoms with Gasteiger partial charge in [-0.3, -0.25) is 0 Å². The van der Waals surface area contributed by atoms with E-state index >= 15 is 0 Å². The van der Waals surface area contributed by atoms with Crippen LogP contribution in [-0.4, -0.2) is 3.26 Å². The molecule has 0 saturated carbocycles. The minimum Gasteiger partial charge on any atom is -1.00 e. The van der Waals surface area contributed by atoms with Crippen LogP contribution in [0.25, 0.3) is 11.1 Å². The fourth-order valence-corrected chi connectivity index (χ4v) is 19.8. The second-order valence-electron chi connectivity index (χ2n) is 13.7. The fourth-order valence-electron chi connectivity index (χ4n) is 6.41. The number of hydrogen-bond acceptors (Lipinski definition) is 0. The molecule has 5 heteroatoms. The van der Waals surface area contributed by atoms with Gasteiger partial charge in [0.15, 0.2) is 0 Å². The minimum absolute atomic E-state index is 0. The first-order valence-corrected chi connectivity index (χ1v) is 21.3. The standard InChI is InChI=1S/C21H25.C13H8Cl2.C5H5.2ClH.Hf/c1-20(2,3)16-7-9-18-14(12-16)11-15-13-17(21(4,5)6)8-10-19(15)18;14-12-5-1-3-10(8-12)7-11-4-2-6-13(15)9-11;1-2-4-5-3-1;;;/h7-13H,1-6H3;1-6,8-9H;1-3H,4H2;2*1H;/q;;;;;+2/p-2. The van der Waals surface area contributed by atoms with Crippen molar-refractivity contribution in [1.82, 2.24) is 0 Å². The number of benzene rings is 4. The van der Waals surface area contributed by atoms with Crippen molar-refractivity contribution < 1.29 is 45.8 Å². The minimum atomic E-state index is -3.07. The van der Waals surface area contributed by atoms with Crippen LogP contribution in [0.4, 0.5) is 0 Å². The molecule has 44 heavy (non-hydrogen) atoms. The molecule has 0 atom stereocenters. The van der Waals surface area contributed by atoms with E-state index < -0.39 is 21.0 Å². The van der Waals surface area contributed by atoms with Crippen molar-refractivity contribution in [1.29, 1.82) is 0 Å². The second kappa shape index (κ2) is 13.5. The maximum absolute atomic E-state index is 6.69. The van der Waals surface area contributed by atoms with Gasteiger partial charge in [-0.15, -0.1) is 0 Å². The van der Waals surface area contributed by atoms with E-state index in [9.17, 15) is 0 Å². The molecule has 2 aliphatic rings. The molecular formula is C39H38Cl4Hf. The van der Waals surface area contributed by atoms with E-state index in [4.69, 9.17) is 23.2 Å². The predicted molar refractivity (Wildman–Crippen MR) is 179 cm³/mol. The molecule has 0 aromatic heterocycles. The van der Waals surface area contributed by atoms with E-state index in [0.29, 0.717) is 3.67 Å². The molecule has 0 unspecified atom stereocenters. The van der Waals surface area contributed by atoms with E-state index in [1.807, 2.05) is 12.1 Å². The van der Waals surface area contributed by atoms with Crippen LogP contribution in [0.5, 0.6) is 0 Å². The van der Waals surface area contributed by atoms with Gasteiger partial charge in [0.05, 0.1) is 0 Å². The van der Waals surface area contributed by atoms with Gasteiger partial charge in [-0.2, -0.15) is 0 Å². The van der Waals surface area contributed by atoms with E-state index in [-0.39, 0.29) is 35.6 Å². The first-order valence-electron chi connectivity index (χ1n) is 14.8. The van der Waals surface area contributed by atoms with Crippen molar-refractivity contribution in [2.45, 2.75) is 62.5 Å². The van der Waals surface area contributed by atoms with Gasteiger partial charge in [0.1, 0.15) is 0 Å². The van der Waals surface area contributed by atoms with Crippen molar-refractivity contribution in [3.05, 3.63) is 150 Å². The Labute approximate surface area is 293 Å². The van der Waals surface area contributed by atoms with Gasteiger partial charge < -0.3 is 24.8 Å². The molecule has 0 radical (unpaired) electrons. The number of hydrogen-bond donors (Lipinski definition) is 0. The summed E-state index contributed by atoms with van der Waals surface area (Å²) in [6, 6.07) is 31.6. The molecule has 0 amide bonds. The largest absolute Gasteiger partial charge is 1.00 e. The average Bonchev–Trinajstić information content (AvgIpc) is 3.57. The fraction of sp³-hybridized carbons (Fsp3) is 0.256. The third-order valence-electron chi connectivity index (χ3n) is 8.65. The third-order valence-corrected chi connectivity index (χ3v) is 21.3. The molecule has 0 nitrogen and oxygen atoms in total. The van der Waals surface area contributed by atoms with Crippen molar-refractivity contribution >= 4 is 26.5 Å². The number of fused-ring (bicyclic) bond motifs is 3. The van der Waals surface area contributed by atoms with Crippen LogP contribution < -0.4 is 24.8 Å². The normalized spacial score (nSPS) is 13.7. The smallest absolute Gasteiger partial charge is 1.00 e. The molecule has 0 heterocycles. The monoisotopic (exact) mass is 826 g/mol. The zero-order valence-electron chi connectivity index (χ0n) is 26.1. The Morgan fingerprint density at radius 1 is 0.659 bits per heavy atom. The predicted octanol–water partition coefficient (Wildman–Crippen LogP) is 5.40. The quantitative estimate of drug-likeness (QED) is 0.242. The molecule has 0 fully saturated rings. The van der Waals surface area contributed by atoms with E-state index in [1.54, 1.807) is 3.33 Å². The number of allylic oxidation sites excluding steroid dienone is 4. The molecule has 2 aliphatic carbocycles. The van der Waals surface area contributed by atoms with E-state index in [1.165, 1.54) is 47.8 Å². The van der Waals surface area contributed by atoms with Gasteiger partial charge in [-0.1, -0.05) is 0 Å². The van der Waals surface area contributed by atoms with Gasteiger partial charge in [0.25, 0.3) is 0 Å². The first kappa shape index (κ1) is 35.1. The topological polar surface area (TPSA) is 0 Å². The summed E-state index contributed by atoms with van der Waals surface area (Å²) >= 11 is 10.3. The van der Waals surface area contributed by atoms with Crippen LogP contribution in [0.1, 0.15) is 85.0 Å². The molecule has 226 valence electrons. The van der Waals surface area contributed by atoms with E-state index in [2.05, 4.69) is 133 Å². The summed E-state index contributed by atoms with van der Waals surface area (Å²) in [4.78, 5) is 0. The van der Waals surface area contributed by atoms with Gasteiger partial charge >= 0.3 is 271 Å². The molecule has 0 saturated heterocycles. The molecule has 4 aromatic rings. The summed E-state index contributed by atoms with van der Waals surface area (Å²) < 4.78 is 3.45. The maximum Gasteiger partial charge on any atom is -1.00 e. The summed E-state index contributed by atoms with van der Waals surface area (Å²) in [6.45, 7) is 13.9. The summed E-state index contributed by atoms with van der Waals surface area (Å²) in [5, 5.41) is 1.54. The van der Waals surface area contributed by atoms with Gasteiger partial charge in [-0.25, -0.2) is 0 Å². The average molecular weight is 827 g/mol. The number of rotatable bonds is 4. The van der Waals surface area contributed by atoms with Crippen molar-refractivity contribution in [2.75, 3.05) is 0 Å².